The van der Waals surface area contributed by atoms with Crippen molar-refractivity contribution in [1.29, 1.82) is 0 Å². The molecule has 0 atom stereocenters. The van der Waals surface area contributed by atoms with E-state index in [1.807, 2.05) is 30.3 Å². The second-order valence-electron chi connectivity index (χ2n) is 4.61. The van der Waals surface area contributed by atoms with E-state index in [0.717, 1.165) is 22.3 Å². The number of hydrogen-bond acceptors (Lipinski definition) is 5. The average Bonchev–Trinajstić information content (AvgIpc) is 2.56. The van der Waals surface area contributed by atoms with Crippen LogP contribution < -0.4 is 14.8 Å². The maximum absolute atomic E-state index is 5.90. The zero-order valence-corrected chi connectivity index (χ0v) is 12.9. The van der Waals surface area contributed by atoms with Gasteiger partial charge in [-0.2, -0.15) is 10.2 Å². The molecular weight excluding hydrogens is 302 g/mol. The lowest BCUT2D eigenvalue weighted by molar-refractivity contribution is 0.356. The van der Waals surface area contributed by atoms with E-state index in [0.29, 0.717) is 16.5 Å². The van der Waals surface area contributed by atoms with Gasteiger partial charge < -0.3 is 14.8 Å². The first-order chi connectivity index (χ1) is 10.7. The van der Waals surface area contributed by atoms with Gasteiger partial charge in [-0.05, 0) is 30.3 Å². The number of halogens is 1. The van der Waals surface area contributed by atoms with Crippen LogP contribution in [-0.4, -0.2) is 24.4 Å². The number of ether oxygens (including phenoxy) is 2. The number of aromatic nitrogens is 2. The lowest BCUT2D eigenvalue weighted by atomic mass is 10.1. The highest BCUT2D eigenvalue weighted by Crippen LogP contribution is 2.34. The summed E-state index contributed by atoms with van der Waals surface area (Å²) >= 11 is 5.90. The molecule has 6 heteroatoms. The standard InChI is InChI=1S/C16H14ClN3O2/c1-21-15-7-12-13(8-16(15)22-2)20-18-9-14(12)19-11-5-3-10(17)4-6-11/h3-9H,1-2H3,(H,19,20). The monoisotopic (exact) mass is 315 g/mol. The summed E-state index contributed by atoms with van der Waals surface area (Å²) in [5.41, 5.74) is 2.46. The lowest BCUT2D eigenvalue weighted by Gasteiger charge is -2.12. The SMILES string of the molecule is COc1cc2nncc(Nc3ccc(Cl)cc3)c2cc1OC. The third kappa shape index (κ3) is 2.76. The van der Waals surface area contributed by atoms with Crippen LogP contribution in [0.3, 0.4) is 0 Å². The Kier molecular flexibility index (Phi) is 3.98. The number of anilines is 2. The van der Waals surface area contributed by atoms with Gasteiger partial charge in [-0.15, -0.1) is 0 Å². The highest BCUT2D eigenvalue weighted by Gasteiger charge is 2.10. The molecule has 0 fully saturated rings. The van der Waals surface area contributed by atoms with Crippen LogP contribution in [0.15, 0.2) is 42.6 Å². The van der Waals surface area contributed by atoms with Gasteiger partial charge >= 0.3 is 0 Å². The number of benzene rings is 2. The maximum atomic E-state index is 5.90. The molecule has 0 spiro atoms. The molecule has 0 saturated heterocycles. The molecule has 0 saturated carbocycles. The highest BCUT2D eigenvalue weighted by atomic mass is 35.5. The minimum atomic E-state index is 0.618. The molecule has 0 aliphatic rings. The van der Waals surface area contributed by atoms with Crippen LogP contribution in [0, 0.1) is 0 Å². The van der Waals surface area contributed by atoms with Crippen molar-refractivity contribution in [3.8, 4) is 11.5 Å². The Morgan fingerprint density at radius 1 is 1.00 bits per heavy atom. The third-order valence-electron chi connectivity index (χ3n) is 3.27. The summed E-state index contributed by atoms with van der Waals surface area (Å²) in [5.74, 6) is 1.26. The summed E-state index contributed by atoms with van der Waals surface area (Å²) < 4.78 is 10.6. The summed E-state index contributed by atoms with van der Waals surface area (Å²) in [6.45, 7) is 0. The third-order valence-corrected chi connectivity index (χ3v) is 3.52. The van der Waals surface area contributed by atoms with E-state index in [-0.39, 0.29) is 0 Å². The van der Waals surface area contributed by atoms with E-state index in [4.69, 9.17) is 21.1 Å². The van der Waals surface area contributed by atoms with Crippen LogP contribution in [0.1, 0.15) is 0 Å². The van der Waals surface area contributed by atoms with Gasteiger partial charge in [-0.3, -0.25) is 0 Å². The Morgan fingerprint density at radius 3 is 2.36 bits per heavy atom. The van der Waals surface area contributed by atoms with Crippen molar-refractivity contribution in [2.45, 2.75) is 0 Å². The summed E-state index contributed by atoms with van der Waals surface area (Å²) in [4.78, 5) is 0. The average molecular weight is 316 g/mol. The second-order valence-corrected chi connectivity index (χ2v) is 5.05. The number of methoxy groups -OCH3 is 2. The quantitative estimate of drug-likeness (QED) is 0.787. The molecule has 22 heavy (non-hydrogen) atoms. The molecule has 0 amide bonds. The predicted molar refractivity (Wildman–Crippen MR) is 87.4 cm³/mol. The summed E-state index contributed by atoms with van der Waals surface area (Å²) in [6, 6.07) is 11.1. The number of rotatable bonds is 4. The van der Waals surface area contributed by atoms with Gasteiger partial charge in [0.15, 0.2) is 11.5 Å². The normalized spacial score (nSPS) is 10.5. The number of nitrogens with zero attached hydrogens (tertiary/aromatic N) is 2. The Morgan fingerprint density at radius 2 is 1.68 bits per heavy atom. The molecule has 0 aliphatic heterocycles. The van der Waals surface area contributed by atoms with Crippen molar-refractivity contribution in [3.63, 3.8) is 0 Å². The summed E-state index contributed by atoms with van der Waals surface area (Å²) in [5, 5.41) is 13.0. The highest BCUT2D eigenvalue weighted by molar-refractivity contribution is 6.30. The number of hydrogen-bond donors (Lipinski definition) is 1. The molecule has 1 aromatic heterocycles. The van der Waals surface area contributed by atoms with E-state index in [1.165, 1.54) is 0 Å². The molecule has 0 radical (unpaired) electrons. The Labute approximate surface area is 132 Å². The van der Waals surface area contributed by atoms with Crippen LogP contribution in [0.2, 0.25) is 5.02 Å². The van der Waals surface area contributed by atoms with Gasteiger partial charge in [0, 0.05) is 22.2 Å². The molecule has 0 aliphatic carbocycles. The molecule has 2 aromatic carbocycles. The van der Waals surface area contributed by atoms with Crippen molar-refractivity contribution in [2.24, 2.45) is 0 Å². The van der Waals surface area contributed by atoms with E-state index in [9.17, 15) is 0 Å². The van der Waals surface area contributed by atoms with Crippen molar-refractivity contribution >= 4 is 33.9 Å². The Hall–Kier alpha value is -2.53. The van der Waals surface area contributed by atoms with E-state index >= 15 is 0 Å². The van der Waals surface area contributed by atoms with Gasteiger partial charge in [0.1, 0.15) is 0 Å². The zero-order chi connectivity index (χ0) is 15.5. The first kappa shape index (κ1) is 14.4. The first-order valence-electron chi connectivity index (χ1n) is 6.61. The molecule has 112 valence electrons. The minimum absolute atomic E-state index is 0.618. The Bertz CT molecular complexity index is 806. The largest absolute Gasteiger partial charge is 0.493 e. The zero-order valence-electron chi connectivity index (χ0n) is 12.1. The smallest absolute Gasteiger partial charge is 0.162 e. The number of nitrogens with one attached hydrogen (secondary N) is 1. The fourth-order valence-corrected chi connectivity index (χ4v) is 2.30. The van der Waals surface area contributed by atoms with Crippen LogP contribution >= 0.6 is 11.6 Å². The van der Waals surface area contributed by atoms with Gasteiger partial charge in [0.05, 0.1) is 31.6 Å². The van der Waals surface area contributed by atoms with Gasteiger partial charge in [0.25, 0.3) is 0 Å². The van der Waals surface area contributed by atoms with Crippen molar-refractivity contribution < 1.29 is 9.47 Å². The first-order valence-corrected chi connectivity index (χ1v) is 6.99. The van der Waals surface area contributed by atoms with Crippen molar-refractivity contribution in [2.75, 3.05) is 19.5 Å². The molecule has 1 N–H and O–H groups in total. The summed E-state index contributed by atoms with van der Waals surface area (Å²) in [7, 11) is 3.19. The fraction of sp³-hybridized carbons (Fsp3) is 0.125. The molecule has 3 aromatic rings. The second kappa shape index (κ2) is 6.07. The van der Waals surface area contributed by atoms with Crippen LogP contribution in [0.25, 0.3) is 10.9 Å². The molecule has 1 heterocycles. The Balaban J connectivity index is 2.07. The topological polar surface area (TPSA) is 56.3 Å². The van der Waals surface area contributed by atoms with Crippen LogP contribution in [-0.2, 0) is 0 Å². The summed E-state index contributed by atoms with van der Waals surface area (Å²) in [6.07, 6.45) is 1.67. The molecular formula is C16H14ClN3O2. The van der Waals surface area contributed by atoms with Crippen LogP contribution in [0.4, 0.5) is 11.4 Å². The predicted octanol–water partition coefficient (Wildman–Crippen LogP) is 4.04. The van der Waals surface area contributed by atoms with E-state index < -0.39 is 0 Å². The lowest BCUT2D eigenvalue weighted by Crippen LogP contribution is -1.97. The van der Waals surface area contributed by atoms with Gasteiger partial charge in [-0.1, -0.05) is 11.6 Å². The molecule has 0 unspecified atom stereocenters. The van der Waals surface area contributed by atoms with E-state index in [2.05, 4.69) is 15.5 Å². The maximum Gasteiger partial charge on any atom is 0.162 e. The molecule has 0 bridgehead atoms. The molecule has 5 nitrogen and oxygen atoms in total. The van der Waals surface area contributed by atoms with Crippen LogP contribution in [0.5, 0.6) is 11.5 Å². The van der Waals surface area contributed by atoms with Gasteiger partial charge in [0.2, 0.25) is 0 Å². The number of fused-ring (bicyclic) bond motifs is 1. The molecule has 3 rings (SSSR count). The minimum Gasteiger partial charge on any atom is -0.493 e. The fourth-order valence-electron chi connectivity index (χ4n) is 2.17. The van der Waals surface area contributed by atoms with Crippen molar-refractivity contribution in [3.05, 3.63) is 47.6 Å². The van der Waals surface area contributed by atoms with Gasteiger partial charge in [-0.25, -0.2) is 0 Å². The van der Waals surface area contributed by atoms with E-state index in [1.54, 1.807) is 26.5 Å². The van der Waals surface area contributed by atoms with Crippen molar-refractivity contribution in [1.82, 2.24) is 10.2 Å².